The molecule has 0 fully saturated rings. The van der Waals surface area contributed by atoms with Crippen LogP contribution in [-0.2, 0) is 9.59 Å². The predicted molar refractivity (Wildman–Crippen MR) is 129 cm³/mol. The third-order valence-electron chi connectivity index (χ3n) is 4.42. The van der Waals surface area contributed by atoms with Crippen LogP contribution in [0.4, 0.5) is 11.4 Å². The van der Waals surface area contributed by atoms with E-state index in [-0.39, 0.29) is 22.8 Å². The summed E-state index contributed by atoms with van der Waals surface area (Å²) in [5, 5.41) is 5.37. The van der Waals surface area contributed by atoms with Gasteiger partial charge in [-0.25, -0.2) is 0 Å². The first kappa shape index (κ1) is 22.2. The SMILES string of the molecule is Cc1ccc(NC(=O)CSC(C)C(=O)Nc2cccc(C#Cc3ccccc3)c2)cc1. The summed E-state index contributed by atoms with van der Waals surface area (Å²) in [5.41, 5.74) is 4.32. The zero-order valence-electron chi connectivity index (χ0n) is 17.5. The lowest BCUT2D eigenvalue weighted by atomic mass is 10.1. The molecule has 156 valence electrons. The highest BCUT2D eigenvalue weighted by Crippen LogP contribution is 2.16. The van der Waals surface area contributed by atoms with Crippen molar-refractivity contribution in [3.63, 3.8) is 0 Å². The molecule has 2 N–H and O–H groups in total. The van der Waals surface area contributed by atoms with Gasteiger partial charge in [0.1, 0.15) is 0 Å². The Labute approximate surface area is 187 Å². The van der Waals surface area contributed by atoms with Gasteiger partial charge in [-0.2, -0.15) is 0 Å². The molecule has 4 nitrogen and oxygen atoms in total. The number of carbonyl (C=O) groups excluding carboxylic acids is 2. The van der Waals surface area contributed by atoms with E-state index in [1.165, 1.54) is 11.8 Å². The Balaban J connectivity index is 1.50. The summed E-state index contributed by atoms with van der Waals surface area (Å²) in [6, 6.07) is 24.8. The molecule has 5 heteroatoms. The summed E-state index contributed by atoms with van der Waals surface area (Å²) >= 11 is 1.29. The quantitative estimate of drug-likeness (QED) is 0.538. The highest BCUT2D eigenvalue weighted by molar-refractivity contribution is 8.01. The van der Waals surface area contributed by atoms with Crippen molar-refractivity contribution in [3.8, 4) is 11.8 Å². The summed E-state index contributed by atoms with van der Waals surface area (Å²) in [6.07, 6.45) is 0. The van der Waals surface area contributed by atoms with Crippen molar-refractivity contribution >= 4 is 35.0 Å². The van der Waals surface area contributed by atoms with Crippen molar-refractivity contribution in [1.82, 2.24) is 0 Å². The maximum absolute atomic E-state index is 12.5. The molecule has 2 amide bonds. The maximum Gasteiger partial charge on any atom is 0.237 e. The zero-order valence-corrected chi connectivity index (χ0v) is 18.3. The minimum absolute atomic E-state index is 0.133. The minimum Gasteiger partial charge on any atom is -0.325 e. The molecule has 0 aliphatic heterocycles. The van der Waals surface area contributed by atoms with E-state index in [0.717, 1.165) is 22.4 Å². The van der Waals surface area contributed by atoms with E-state index in [1.807, 2.05) is 85.8 Å². The van der Waals surface area contributed by atoms with Crippen molar-refractivity contribution in [2.24, 2.45) is 0 Å². The molecule has 0 aromatic heterocycles. The molecule has 0 bridgehead atoms. The van der Waals surface area contributed by atoms with E-state index in [9.17, 15) is 9.59 Å². The molecule has 1 atom stereocenters. The van der Waals surface area contributed by atoms with Gasteiger partial charge in [-0.1, -0.05) is 53.8 Å². The van der Waals surface area contributed by atoms with Crippen LogP contribution >= 0.6 is 11.8 Å². The van der Waals surface area contributed by atoms with Gasteiger partial charge in [0, 0.05) is 22.5 Å². The molecule has 0 heterocycles. The highest BCUT2D eigenvalue weighted by atomic mass is 32.2. The van der Waals surface area contributed by atoms with E-state index >= 15 is 0 Å². The Morgan fingerprint density at radius 1 is 0.839 bits per heavy atom. The van der Waals surface area contributed by atoms with Gasteiger partial charge in [0.15, 0.2) is 0 Å². The molecule has 31 heavy (non-hydrogen) atoms. The first-order valence-electron chi connectivity index (χ1n) is 9.96. The van der Waals surface area contributed by atoms with Crippen molar-refractivity contribution < 1.29 is 9.59 Å². The van der Waals surface area contributed by atoms with Crippen LogP contribution in [0.5, 0.6) is 0 Å². The van der Waals surface area contributed by atoms with Crippen LogP contribution in [0.1, 0.15) is 23.6 Å². The van der Waals surface area contributed by atoms with Crippen LogP contribution in [-0.4, -0.2) is 22.8 Å². The fourth-order valence-electron chi connectivity index (χ4n) is 2.69. The number of hydrogen-bond acceptors (Lipinski definition) is 3. The third-order valence-corrected chi connectivity index (χ3v) is 5.57. The highest BCUT2D eigenvalue weighted by Gasteiger charge is 2.15. The number of anilines is 2. The normalized spacial score (nSPS) is 11.0. The first-order valence-corrected chi connectivity index (χ1v) is 11.0. The van der Waals surface area contributed by atoms with Crippen LogP contribution < -0.4 is 10.6 Å². The standard InChI is InChI=1S/C26H24N2O2S/c1-19-11-15-23(16-12-19)27-25(29)18-31-20(2)26(30)28-24-10-6-9-22(17-24)14-13-21-7-4-3-5-8-21/h3-12,15-17,20H,18H2,1-2H3,(H,27,29)(H,28,30). The average Bonchev–Trinajstić information content (AvgIpc) is 2.78. The molecule has 0 aliphatic carbocycles. The monoisotopic (exact) mass is 428 g/mol. The van der Waals surface area contributed by atoms with Crippen LogP contribution in [0, 0.1) is 18.8 Å². The van der Waals surface area contributed by atoms with Gasteiger partial charge in [0.05, 0.1) is 11.0 Å². The van der Waals surface area contributed by atoms with Crippen LogP contribution in [0.25, 0.3) is 0 Å². The lowest BCUT2D eigenvalue weighted by Crippen LogP contribution is -2.25. The zero-order chi connectivity index (χ0) is 22.1. The van der Waals surface area contributed by atoms with Crippen molar-refractivity contribution in [2.75, 3.05) is 16.4 Å². The maximum atomic E-state index is 12.5. The molecule has 3 aromatic carbocycles. The second-order valence-electron chi connectivity index (χ2n) is 7.05. The van der Waals surface area contributed by atoms with Crippen LogP contribution in [0.2, 0.25) is 0 Å². The van der Waals surface area contributed by atoms with Crippen molar-refractivity contribution in [3.05, 3.63) is 95.6 Å². The van der Waals surface area contributed by atoms with Gasteiger partial charge >= 0.3 is 0 Å². The lowest BCUT2D eigenvalue weighted by molar-refractivity contribution is -0.115. The number of carbonyl (C=O) groups is 2. The second kappa shape index (κ2) is 11.1. The molecule has 0 saturated carbocycles. The Kier molecular flexibility index (Phi) is 7.91. The summed E-state index contributed by atoms with van der Waals surface area (Å²) in [5.74, 6) is 6.13. The smallest absolute Gasteiger partial charge is 0.237 e. The average molecular weight is 429 g/mol. The van der Waals surface area contributed by atoms with E-state index in [2.05, 4.69) is 22.5 Å². The van der Waals surface area contributed by atoms with E-state index in [4.69, 9.17) is 0 Å². The molecule has 3 rings (SSSR count). The Hall–Kier alpha value is -3.49. The molecule has 0 saturated heterocycles. The largest absolute Gasteiger partial charge is 0.325 e. The predicted octanol–water partition coefficient (Wildman–Crippen LogP) is 5.09. The number of rotatable bonds is 6. The first-order chi connectivity index (χ1) is 15.0. The molecular formula is C26H24N2O2S. The van der Waals surface area contributed by atoms with E-state index in [0.29, 0.717) is 5.69 Å². The summed E-state index contributed by atoms with van der Waals surface area (Å²) < 4.78 is 0. The fraction of sp³-hybridized carbons (Fsp3) is 0.154. The van der Waals surface area contributed by atoms with Crippen molar-refractivity contribution in [2.45, 2.75) is 19.1 Å². The van der Waals surface area contributed by atoms with Crippen LogP contribution in [0.15, 0.2) is 78.9 Å². The molecule has 0 spiro atoms. The molecule has 0 aliphatic rings. The summed E-state index contributed by atoms with van der Waals surface area (Å²) in [4.78, 5) is 24.6. The second-order valence-corrected chi connectivity index (χ2v) is 8.38. The van der Waals surface area contributed by atoms with Gasteiger partial charge < -0.3 is 10.6 Å². The van der Waals surface area contributed by atoms with Crippen LogP contribution in [0.3, 0.4) is 0 Å². The third kappa shape index (κ3) is 7.36. The van der Waals surface area contributed by atoms with Gasteiger partial charge in [-0.3, -0.25) is 9.59 Å². The fourth-order valence-corrected chi connectivity index (χ4v) is 3.38. The van der Waals surface area contributed by atoms with Gasteiger partial charge in [-0.15, -0.1) is 11.8 Å². The Bertz CT molecular complexity index is 1100. The molecule has 3 aromatic rings. The Morgan fingerprint density at radius 2 is 1.52 bits per heavy atom. The molecule has 0 radical (unpaired) electrons. The number of amides is 2. The number of hydrogen-bond donors (Lipinski definition) is 2. The van der Waals surface area contributed by atoms with Crippen molar-refractivity contribution in [1.29, 1.82) is 0 Å². The lowest BCUT2D eigenvalue weighted by Gasteiger charge is -2.12. The van der Waals surface area contributed by atoms with Gasteiger partial charge in [-0.05, 0) is 56.3 Å². The topological polar surface area (TPSA) is 58.2 Å². The summed E-state index contributed by atoms with van der Waals surface area (Å²) in [7, 11) is 0. The number of benzene rings is 3. The summed E-state index contributed by atoms with van der Waals surface area (Å²) in [6.45, 7) is 3.78. The minimum atomic E-state index is -0.372. The Morgan fingerprint density at radius 3 is 2.26 bits per heavy atom. The van der Waals surface area contributed by atoms with E-state index < -0.39 is 0 Å². The van der Waals surface area contributed by atoms with Gasteiger partial charge in [0.25, 0.3) is 0 Å². The molecular weight excluding hydrogens is 404 g/mol. The van der Waals surface area contributed by atoms with Gasteiger partial charge in [0.2, 0.25) is 11.8 Å². The number of aryl methyl sites for hydroxylation is 1. The number of nitrogens with one attached hydrogen (secondary N) is 2. The van der Waals surface area contributed by atoms with E-state index in [1.54, 1.807) is 6.92 Å². The molecule has 1 unspecified atom stereocenters. The number of thioether (sulfide) groups is 1.